The van der Waals surface area contributed by atoms with E-state index in [1.807, 2.05) is 30.3 Å². The van der Waals surface area contributed by atoms with Crippen molar-refractivity contribution >= 4 is 35.2 Å². The van der Waals surface area contributed by atoms with Gasteiger partial charge in [-0.3, -0.25) is 19.3 Å². The van der Waals surface area contributed by atoms with Crippen molar-refractivity contribution in [2.24, 2.45) is 35.5 Å². The molecule has 2 aromatic carbocycles. The normalized spacial score (nSPS) is 30.6. The van der Waals surface area contributed by atoms with Gasteiger partial charge in [-0.15, -0.1) is 0 Å². The standard InChI is InChI=1S/C28H24ClNO5/c29-17-8-6-16(7-9-17)23(31)14-35-28(34)22(12-15-4-2-1-3-5-15)30-26(32)24-18-10-11-19(21-13-20(18)21)25(24)27(30)33/h1-11,18-22,24-25H,12-14H2/t18-,19-,20-,21-,22-,24-,25+/m1/s1. The van der Waals surface area contributed by atoms with Crippen LogP contribution in [0.5, 0.6) is 0 Å². The fourth-order valence-corrected chi connectivity index (χ4v) is 6.48. The molecular weight excluding hydrogens is 466 g/mol. The predicted molar refractivity (Wildman–Crippen MR) is 127 cm³/mol. The topological polar surface area (TPSA) is 80.8 Å². The van der Waals surface area contributed by atoms with Gasteiger partial charge in [0.2, 0.25) is 11.8 Å². The van der Waals surface area contributed by atoms with Crippen molar-refractivity contribution in [3.63, 3.8) is 0 Å². The third-order valence-electron chi connectivity index (χ3n) is 8.06. The van der Waals surface area contributed by atoms with Gasteiger partial charge >= 0.3 is 5.97 Å². The molecule has 1 heterocycles. The quantitative estimate of drug-likeness (QED) is 0.256. The third-order valence-corrected chi connectivity index (χ3v) is 8.32. The number of benzene rings is 2. The number of hydrogen-bond donors (Lipinski definition) is 0. The van der Waals surface area contributed by atoms with Crippen LogP contribution in [-0.2, 0) is 25.5 Å². The molecule has 3 fully saturated rings. The van der Waals surface area contributed by atoms with E-state index in [0.717, 1.165) is 16.9 Å². The van der Waals surface area contributed by atoms with Crippen LogP contribution in [0.25, 0.3) is 0 Å². The van der Waals surface area contributed by atoms with Crippen molar-refractivity contribution in [3.8, 4) is 0 Å². The lowest BCUT2D eigenvalue weighted by molar-refractivity contribution is -0.158. The van der Waals surface area contributed by atoms with Gasteiger partial charge in [0.25, 0.3) is 0 Å². The third kappa shape index (κ3) is 3.71. The number of hydrogen-bond acceptors (Lipinski definition) is 5. The second kappa shape index (κ2) is 8.45. The molecule has 7 rings (SSSR count). The van der Waals surface area contributed by atoms with Crippen molar-refractivity contribution in [1.82, 2.24) is 4.90 Å². The molecule has 35 heavy (non-hydrogen) atoms. The summed E-state index contributed by atoms with van der Waals surface area (Å²) in [4.78, 5) is 54.3. The Labute approximate surface area is 207 Å². The van der Waals surface area contributed by atoms with Crippen molar-refractivity contribution in [1.29, 1.82) is 0 Å². The van der Waals surface area contributed by atoms with Crippen LogP contribution in [-0.4, -0.2) is 41.1 Å². The molecule has 1 saturated heterocycles. The van der Waals surface area contributed by atoms with Crippen LogP contribution in [0, 0.1) is 35.5 Å². The number of esters is 1. The Bertz CT molecular complexity index is 1200. The molecule has 2 bridgehead atoms. The molecule has 0 radical (unpaired) electrons. The largest absolute Gasteiger partial charge is 0.456 e. The molecule has 5 aliphatic rings. The number of nitrogens with zero attached hydrogens (tertiary/aromatic N) is 1. The summed E-state index contributed by atoms with van der Waals surface area (Å²) in [6, 6.07) is 14.4. The van der Waals surface area contributed by atoms with Crippen molar-refractivity contribution in [2.45, 2.75) is 18.9 Å². The number of amides is 2. The Hall–Kier alpha value is -3.25. The van der Waals surface area contributed by atoms with Crippen molar-refractivity contribution in [3.05, 3.63) is 82.9 Å². The van der Waals surface area contributed by atoms with E-state index in [1.54, 1.807) is 24.3 Å². The lowest BCUT2D eigenvalue weighted by Crippen LogP contribution is -2.48. The second-order valence-corrected chi connectivity index (χ2v) is 10.4. The fraction of sp³-hybridized carbons (Fsp3) is 0.357. The van der Waals surface area contributed by atoms with E-state index in [2.05, 4.69) is 12.2 Å². The SMILES string of the molecule is O=C(COC(=O)[C@@H](Cc1ccccc1)N1C(=O)[C@@H]2[C@@H]3C=C[C@H]([C@H]4C[C@H]34)[C@@H]2C1=O)c1ccc(Cl)cc1. The lowest BCUT2D eigenvalue weighted by atomic mass is 9.63. The summed E-state index contributed by atoms with van der Waals surface area (Å²) >= 11 is 5.88. The highest BCUT2D eigenvalue weighted by atomic mass is 35.5. The van der Waals surface area contributed by atoms with E-state index < -0.39 is 30.5 Å². The number of likely N-dealkylation sites (tertiary alicyclic amines) is 1. The molecule has 7 atom stereocenters. The smallest absolute Gasteiger partial charge is 0.330 e. The van der Waals surface area contributed by atoms with E-state index in [1.165, 1.54) is 0 Å². The van der Waals surface area contributed by atoms with Crippen LogP contribution >= 0.6 is 11.6 Å². The van der Waals surface area contributed by atoms with Gasteiger partial charge in [0.1, 0.15) is 6.04 Å². The monoisotopic (exact) mass is 489 g/mol. The molecule has 4 aliphatic carbocycles. The first-order valence-electron chi connectivity index (χ1n) is 12.0. The van der Waals surface area contributed by atoms with Crippen LogP contribution in [0.2, 0.25) is 5.02 Å². The fourth-order valence-electron chi connectivity index (χ4n) is 6.36. The number of ketones is 1. The maximum Gasteiger partial charge on any atom is 0.330 e. The molecule has 0 aromatic heterocycles. The molecule has 0 spiro atoms. The molecule has 0 N–H and O–H groups in total. The van der Waals surface area contributed by atoms with Gasteiger partial charge in [-0.05, 0) is 59.9 Å². The van der Waals surface area contributed by atoms with Gasteiger partial charge in [-0.2, -0.15) is 0 Å². The first-order valence-corrected chi connectivity index (χ1v) is 12.4. The molecule has 2 aromatic rings. The van der Waals surface area contributed by atoms with Crippen LogP contribution in [0.15, 0.2) is 66.7 Å². The zero-order valence-corrected chi connectivity index (χ0v) is 19.6. The van der Waals surface area contributed by atoms with Gasteiger partial charge in [0, 0.05) is 17.0 Å². The highest BCUT2D eigenvalue weighted by molar-refractivity contribution is 6.30. The summed E-state index contributed by atoms with van der Waals surface area (Å²) < 4.78 is 5.40. The van der Waals surface area contributed by atoms with Crippen molar-refractivity contribution in [2.75, 3.05) is 6.61 Å². The first-order chi connectivity index (χ1) is 16.9. The maximum atomic E-state index is 13.6. The van der Waals surface area contributed by atoms with Gasteiger partial charge in [-0.1, -0.05) is 54.1 Å². The lowest BCUT2D eigenvalue weighted by Gasteiger charge is -2.37. The van der Waals surface area contributed by atoms with Gasteiger partial charge in [0.05, 0.1) is 11.8 Å². The number of Topliss-reactive ketones (excluding diaryl/α,β-unsaturated/α-hetero) is 1. The van der Waals surface area contributed by atoms with Gasteiger partial charge in [0.15, 0.2) is 12.4 Å². The van der Waals surface area contributed by atoms with E-state index in [9.17, 15) is 19.2 Å². The zero-order valence-electron chi connectivity index (χ0n) is 18.9. The van der Waals surface area contributed by atoms with Gasteiger partial charge < -0.3 is 4.74 Å². The minimum atomic E-state index is -1.11. The Morgan fingerprint density at radius 1 is 0.914 bits per heavy atom. The number of rotatable bonds is 7. The van der Waals surface area contributed by atoms with E-state index in [0.29, 0.717) is 22.4 Å². The Kier molecular flexibility index (Phi) is 5.37. The van der Waals surface area contributed by atoms with Gasteiger partial charge in [-0.25, -0.2) is 4.79 Å². The average molecular weight is 490 g/mol. The Morgan fingerprint density at radius 2 is 1.51 bits per heavy atom. The summed E-state index contributed by atoms with van der Waals surface area (Å²) in [6.45, 7) is -0.480. The number of ether oxygens (including phenoxy) is 1. The van der Waals surface area contributed by atoms with Crippen molar-refractivity contribution < 1.29 is 23.9 Å². The summed E-state index contributed by atoms with van der Waals surface area (Å²) in [5.41, 5.74) is 1.17. The number of imide groups is 1. The molecular formula is C28H24ClNO5. The summed E-state index contributed by atoms with van der Waals surface area (Å²) in [5.74, 6) is -1.43. The maximum absolute atomic E-state index is 13.6. The molecule has 178 valence electrons. The summed E-state index contributed by atoms with van der Waals surface area (Å²) in [6.07, 6.45) is 5.41. The number of carbonyl (C=O) groups is 4. The molecule has 1 aliphatic heterocycles. The minimum absolute atomic E-state index is 0.0660. The first kappa shape index (κ1) is 22.2. The van der Waals surface area contributed by atoms with E-state index >= 15 is 0 Å². The molecule has 0 unspecified atom stereocenters. The minimum Gasteiger partial charge on any atom is -0.456 e. The van der Waals surface area contributed by atoms with Crippen LogP contribution in [0.1, 0.15) is 22.3 Å². The van der Waals surface area contributed by atoms with Crippen LogP contribution in [0.3, 0.4) is 0 Å². The molecule has 7 heteroatoms. The number of allylic oxidation sites excluding steroid dienone is 2. The predicted octanol–water partition coefficient (Wildman–Crippen LogP) is 3.73. The van der Waals surface area contributed by atoms with E-state index in [4.69, 9.17) is 16.3 Å². The number of carbonyl (C=O) groups excluding carboxylic acids is 4. The second-order valence-electron chi connectivity index (χ2n) is 9.94. The van der Waals surface area contributed by atoms with E-state index in [-0.39, 0.29) is 35.9 Å². The van der Waals surface area contributed by atoms with Crippen LogP contribution < -0.4 is 0 Å². The average Bonchev–Trinajstić information content (AvgIpc) is 3.65. The summed E-state index contributed by atoms with van der Waals surface area (Å²) in [5, 5.41) is 0.495. The van der Waals surface area contributed by atoms with Crippen LogP contribution in [0.4, 0.5) is 0 Å². The zero-order chi connectivity index (χ0) is 24.3. The highest BCUT2D eigenvalue weighted by Gasteiger charge is 2.68. The highest BCUT2D eigenvalue weighted by Crippen LogP contribution is 2.65. The molecule has 2 saturated carbocycles. The molecule has 6 nitrogen and oxygen atoms in total. The Balaban J connectivity index is 1.25. The number of halogens is 1. The summed E-state index contributed by atoms with van der Waals surface area (Å²) in [7, 11) is 0. The Morgan fingerprint density at radius 3 is 2.11 bits per heavy atom. The molecule has 2 amide bonds.